The van der Waals surface area contributed by atoms with Gasteiger partial charge in [-0.2, -0.15) is 11.3 Å². The van der Waals surface area contributed by atoms with E-state index in [1.54, 1.807) is 11.3 Å². The zero-order valence-electron chi connectivity index (χ0n) is 9.86. The highest BCUT2D eigenvalue weighted by atomic mass is 32.1. The fourth-order valence-corrected chi connectivity index (χ4v) is 3.37. The van der Waals surface area contributed by atoms with Gasteiger partial charge in [-0.1, -0.05) is 6.92 Å². The molecular weight excluding hydrogens is 216 g/mol. The molecule has 2 unspecified atom stereocenters. The lowest BCUT2D eigenvalue weighted by Crippen LogP contribution is -2.49. The van der Waals surface area contributed by atoms with Crippen molar-refractivity contribution in [2.24, 2.45) is 5.92 Å². The van der Waals surface area contributed by atoms with Gasteiger partial charge < -0.3 is 10.2 Å². The predicted octanol–water partition coefficient (Wildman–Crippen LogP) is 2.71. The van der Waals surface area contributed by atoms with E-state index in [-0.39, 0.29) is 0 Å². The molecule has 0 spiro atoms. The lowest BCUT2D eigenvalue weighted by Gasteiger charge is -2.38. The lowest BCUT2D eigenvalue weighted by atomic mass is 9.95. The second-order valence-corrected chi connectivity index (χ2v) is 6.15. The maximum absolute atomic E-state index is 3.78. The molecule has 0 amide bonds. The van der Waals surface area contributed by atoms with Crippen molar-refractivity contribution in [2.75, 3.05) is 18.0 Å². The summed E-state index contributed by atoms with van der Waals surface area (Å²) in [7, 11) is 0. The Balaban J connectivity index is 1.65. The molecule has 0 aromatic carbocycles. The van der Waals surface area contributed by atoms with Gasteiger partial charge in [0.25, 0.3) is 0 Å². The summed E-state index contributed by atoms with van der Waals surface area (Å²) in [6, 6.07) is 3.78. The number of hydrogen-bond donors (Lipinski definition) is 1. The number of hydrogen-bond acceptors (Lipinski definition) is 3. The molecule has 1 aliphatic carbocycles. The average molecular weight is 236 g/mol. The molecule has 2 atom stereocenters. The monoisotopic (exact) mass is 236 g/mol. The van der Waals surface area contributed by atoms with Crippen LogP contribution in [-0.2, 0) is 0 Å². The Bertz CT molecular complexity index is 330. The Morgan fingerprint density at radius 3 is 2.88 bits per heavy atom. The number of piperidine rings is 1. The Morgan fingerprint density at radius 2 is 2.19 bits per heavy atom. The minimum atomic E-state index is 0.705. The van der Waals surface area contributed by atoms with Crippen LogP contribution in [0.1, 0.15) is 26.2 Å². The molecule has 1 aromatic heterocycles. The van der Waals surface area contributed by atoms with E-state index in [4.69, 9.17) is 0 Å². The maximum atomic E-state index is 3.78. The molecular formula is C13H20N2S. The normalized spacial score (nSPS) is 30.7. The van der Waals surface area contributed by atoms with Crippen LogP contribution < -0.4 is 10.2 Å². The molecule has 2 heterocycles. The first-order valence-electron chi connectivity index (χ1n) is 6.34. The van der Waals surface area contributed by atoms with Crippen molar-refractivity contribution >= 4 is 17.0 Å². The molecule has 1 aromatic rings. The van der Waals surface area contributed by atoms with Crippen LogP contribution in [-0.4, -0.2) is 25.2 Å². The molecule has 1 saturated carbocycles. The standard InChI is InChI=1S/C13H20N2S/c1-10-6-12(14-11-2-3-11)8-15(7-10)13-4-5-16-9-13/h4-5,9-12,14H,2-3,6-8H2,1H3. The van der Waals surface area contributed by atoms with Crippen molar-refractivity contribution in [3.63, 3.8) is 0 Å². The lowest BCUT2D eigenvalue weighted by molar-refractivity contribution is 0.349. The van der Waals surface area contributed by atoms with Gasteiger partial charge >= 0.3 is 0 Å². The van der Waals surface area contributed by atoms with Gasteiger partial charge in [-0.05, 0) is 36.6 Å². The maximum Gasteiger partial charge on any atom is 0.0475 e. The van der Waals surface area contributed by atoms with Gasteiger partial charge in [0.15, 0.2) is 0 Å². The Kier molecular flexibility index (Phi) is 2.90. The largest absolute Gasteiger partial charge is 0.369 e. The van der Waals surface area contributed by atoms with Crippen LogP contribution in [0.25, 0.3) is 0 Å². The van der Waals surface area contributed by atoms with Crippen molar-refractivity contribution in [1.29, 1.82) is 0 Å². The molecule has 3 rings (SSSR count). The number of thiophene rings is 1. The van der Waals surface area contributed by atoms with Crippen LogP contribution in [0.15, 0.2) is 16.8 Å². The number of nitrogens with one attached hydrogen (secondary N) is 1. The Morgan fingerprint density at radius 1 is 1.31 bits per heavy atom. The van der Waals surface area contributed by atoms with Gasteiger partial charge in [-0.3, -0.25) is 0 Å². The highest BCUT2D eigenvalue weighted by molar-refractivity contribution is 7.08. The Hall–Kier alpha value is -0.540. The van der Waals surface area contributed by atoms with Gasteiger partial charge in [0.05, 0.1) is 0 Å². The van der Waals surface area contributed by atoms with Crippen LogP contribution in [0.4, 0.5) is 5.69 Å². The first-order chi connectivity index (χ1) is 7.81. The second kappa shape index (κ2) is 4.38. The molecule has 2 aliphatic rings. The third kappa shape index (κ3) is 2.41. The minimum Gasteiger partial charge on any atom is -0.369 e. The van der Waals surface area contributed by atoms with Gasteiger partial charge in [-0.15, -0.1) is 0 Å². The van der Waals surface area contributed by atoms with Crippen molar-refractivity contribution in [2.45, 2.75) is 38.3 Å². The van der Waals surface area contributed by atoms with Crippen molar-refractivity contribution < 1.29 is 0 Å². The summed E-state index contributed by atoms with van der Waals surface area (Å²) in [4.78, 5) is 2.55. The smallest absolute Gasteiger partial charge is 0.0475 e. The van der Waals surface area contributed by atoms with E-state index >= 15 is 0 Å². The molecule has 16 heavy (non-hydrogen) atoms. The number of nitrogens with zero attached hydrogens (tertiary/aromatic N) is 1. The highest BCUT2D eigenvalue weighted by Gasteiger charge is 2.30. The van der Waals surface area contributed by atoms with Crippen molar-refractivity contribution in [3.8, 4) is 0 Å². The van der Waals surface area contributed by atoms with Crippen LogP contribution in [0.2, 0.25) is 0 Å². The SMILES string of the molecule is CC1CC(NC2CC2)CN(c2ccsc2)C1. The highest BCUT2D eigenvalue weighted by Crippen LogP contribution is 2.27. The van der Waals surface area contributed by atoms with Gasteiger partial charge in [0, 0.05) is 36.2 Å². The second-order valence-electron chi connectivity index (χ2n) is 5.37. The molecule has 1 aliphatic heterocycles. The van der Waals surface area contributed by atoms with Crippen LogP contribution in [0, 0.1) is 5.92 Å². The summed E-state index contributed by atoms with van der Waals surface area (Å²) in [5.74, 6) is 0.810. The summed E-state index contributed by atoms with van der Waals surface area (Å²) in [6.45, 7) is 4.79. The summed E-state index contributed by atoms with van der Waals surface area (Å²) >= 11 is 1.80. The van der Waals surface area contributed by atoms with E-state index < -0.39 is 0 Å². The van der Waals surface area contributed by atoms with Crippen LogP contribution in [0.3, 0.4) is 0 Å². The summed E-state index contributed by atoms with van der Waals surface area (Å²) in [5.41, 5.74) is 1.42. The van der Waals surface area contributed by atoms with Gasteiger partial charge in [-0.25, -0.2) is 0 Å². The van der Waals surface area contributed by atoms with E-state index in [1.807, 2.05) is 0 Å². The predicted molar refractivity (Wildman–Crippen MR) is 70.3 cm³/mol. The molecule has 0 bridgehead atoms. The van der Waals surface area contributed by atoms with Gasteiger partial charge in [0.2, 0.25) is 0 Å². The summed E-state index contributed by atoms with van der Waals surface area (Å²) < 4.78 is 0. The van der Waals surface area contributed by atoms with Crippen LogP contribution in [0.5, 0.6) is 0 Å². The molecule has 3 heteroatoms. The minimum absolute atomic E-state index is 0.705. The summed E-state index contributed by atoms with van der Waals surface area (Å²) in [5, 5.41) is 8.23. The summed E-state index contributed by atoms with van der Waals surface area (Å²) in [6.07, 6.45) is 4.13. The first kappa shape index (κ1) is 10.6. The average Bonchev–Trinajstić information content (AvgIpc) is 2.90. The van der Waals surface area contributed by atoms with E-state index in [0.717, 1.165) is 12.0 Å². The third-order valence-electron chi connectivity index (χ3n) is 3.58. The topological polar surface area (TPSA) is 15.3 Å². The quantitative estimate of drug-likeness (QED) is 0.868. The van der Waals surface area contributed by atoms with Crippen LogP contribution >= 0.6 is 11.3 Å². The zero-order chi connectivity index (χ0) is 11.0. The molecule has 2 fully saturated rings. The first-order valence-corrected chi connectivity index (χ1v) is 7.29. The van der Waals surface area contributed by atoms with Gasteiger partial charge in [0.1, 0.15) is 0 Å². The van der Waals surface area contributed by atoms with E-state index in [2.05, 4.69) is 34.0 Å². The van der Waals surface area contributed by atoms with Crippen molar-refractivity contribution in [1.82, 2.24) is 5.32 Å². The molecule has 1 saturated heterocycles. The fourth-order valence-electron chi connectivity index (χ4n) is 2.70. The van der Waals surface area contributed by atoms with Crippen molar-refractivity contribution in [3.05, 3.63) is 16.8 Å². The van der Waals surface area contributed by atoms with E-state index in [0.29, 0.717) is 6.04 Å². The molecule has 88 valence electrons. The Labute approximate surface area is 102 Å². The number of anilines is 1. The zero-order valence-corrected chi connectivity index (χ0v) is 10.7. The molecule has 1 N–H and O–H groups in total. The third-order valence-corrected chi connectivity index (χ3v) is 4.25. The van der Waals surface area contributed by atoms with E-state index in [1.165, 1.54) is 38.0 Å². The fraction of sp³-hybridized carbons (Fsp3) is 0.692. The molecule has 2 nitrogen and oxygen atoms in total. The number of rotatable bonds is 3. The van der Waals surface area contributed by atoms with E-state index in [9.17, 15) is 0 Å². The molecule has 0 radical (unpaired) electrons.